The maximum atomic E-state index is 5.43. The molecule has 2 rings (SSSR count). The van der Waals surface area contributed by atoms with Crippen LogP contribution in [0.3, 0.4) is 0 Å². The van der Waals surface area contributed by atoms with E-state index in [0.29, 0.717) is 24.3 Å². The van der Waals surface area contributed by atoms with Crippen molar-refractivity contribution in [2.24, 2.45) is 5.92 Å². The summed E-state index contributed by atoms with van der Waals surface area (Å²) in [6.45, 7) is 8.69. The predicted octanol–water partition coefficient (Wildman–Crippen LogP) is 1.49. The standard InChI is InChI=1S/C11H19N3O2/c1-4-15-8(3)10-13-11(16-14-10)9-6-12-5-7(9)2/h7-9,12H,4-6H2,1-3H3. The van der Waals surface area contributed by atoms with Gasteiger partial charge in [-0.1, -0.05) is 12.1 Å². The Labute approximate surface area is 95.6 Å². The van der Waals surface area contributed by atoms with Crippen LogP contribution in [-0.4, -0.2) is 29.8 Å². The first-order chi connectivity index (χ1) is 7.72. The number of hydrogen-bond donors (Lipinski definition) is 1. The van der Waals surface area contributed by atoms with Gasteiger partial charge in [0.25, 0.3) is 0 Å². The molecule has 0 aromatic carbocycles. The monoisotopic (exact) mass is 225 g/mol. The van der Waals surface area contributed by atoms with Crippen LogP contribution in [0.2, 0.25) is 0 Å². The van der Waals surface area contributed by atoms with E-state index >= 15 is 0 Å². The molecule has 1 N–H and O–H groups in total. The second kappa shape index (κ2) is 4.93. The Bertz CT molecular complexity index is 340. The first kappa shape index (κ1) is 11.5. The SMILES string of the molecule is CCOC(C)c1noc(C2CNCC2C)n1. The summed E-state index contributed by atoms with van der Waals surface area (Å²) in [4.78, 5) is 4.42. The highest BCUT2D eigenvalue weighted by Gasteiger charge is 2.30. The van der Waals surface area contributed by atoms with Gasteiger partial charge in [-0.05, 0) is 26.3 Å². The van der Waals surface area contributed by atoms with E-state index in [-0.39, 0.29) is 6.10 Å². The minimum Gasteiger partial charge on any atom is -0.371 e. The lowest BCUT2D eigenvalue weighted by molar-refractivity contribution is 0.0683. The molecule has 1 aromatic rings. The lowest BCUT2D eigenvalue weighted by atomic mass is 9.98. The number of rotatable bonds is 4. The van der Waals surface area contributed by atoms with Gasteiger partial charge in [0, 0.05) is 13.2 Å². The number of ether oxygens (including phenoxy) is 1. The van der Waals surface area contributed by atoms with Crippen LogP contribution in [0.5, 0.6) is 0 Å². The predicted molar refractivity (Wildman–Crippen MR) is 59.1 cm³/mol. The number of aromatic nitrogens is 2. The topological polar surface area (TPSA) is 60.2 Å². The van der Waals surface area contributed by atoms with Gasteiger partial charge in [0.1, 0.15) is 6.10 Å². The summed E-state index contributed by atoms with van der Waals surface area (Å²) in [7, 11) is 0. The third-order valence-electron chi connectivity index (χ3n) is 3.07. The van der Waals surface area contributed by atoms with E-state index in [1.165, 1.54) is 0 Å². The Balaban J connectivity index is 2.06. The van der Waals surface area contributed by atoms with E-state index in [1.54, 1.807) is 0 Å². The molecule has 1 saturated heterocycles. The van der Waals surface area contributed by atoms with Gasteiger partial charge >= 0.3 is 0 Å². The van der Waals surface area contributed by atoms with Crippen molar-refractivity contribution in [1.82, 2.24) is 15.5 Å². The van der Waals surface area contributed by atoms with Gasteiger partial charge < -0.3 is 14.6 Å². The van der Waals surface area contributed by atoms with Gasteiger partial charge in [0.2, 0.25) is 5.89 Å². The molecule has 0 bridgehead atoms. The summed E-state index contributed by atoms with van der Waals surface area (Å²) in [5.74, 6) is 2.28. The highest BCUT2D eigenvalue weighted by atomic mass is 16.5. The van der Waals surface area contributed by atoms with Gasteiger partial charge in [0.15, 0.2) is 5.82 Å². The quantitative estimate of drug-likeness (QED) is 0.841. The molecule has 0 radical (unpaired) electrons. The van der Waals surface area contributed by atoms with E-state index in [2.05, 4.69) is 22.4 Å². The van der Waals surface area contributed by atoms with Gasteiger partial charge in [-0.25, -0.2) is 0 Å². The van der Waals surface area contributed by atoms with Crippen molar-refractivity contribution in [2.75, 3.05) is 19.7 Å². The molecule has 0 amide bonds. The Morgan fingerprint density at radius 1 is 1.56 bits per heavy atom. The molecular weight excluding hydrogens is 206 g/mol. The van der Waals surface area contributed by atoms with E-state index in [1.807, 2.05) is 13.8 Å². The largest absolute Gasteiger partial charge is 0.371 e. The molecule has 3 atom stereocenters. The summed E-state index contributed by atoms with van der Waals surface area (Å²) in [5, 5.41) is 7.30. The second-order valence-corrected chi connectivity index (χ2v) is 4.33. The van der Waals surface area contributed by atoms with Crippen LogP contribution in [-0.2, 0) is 4.74 Å². The third-order valence-corrected chi connectivity index (χ3v) is 3.07. The van der Waals surface area contributed by atoms with Crippen LogP contribution < -0.4 is 5.32 Å². The summed E-state index contributed by atoms with van der Waals surface area (Å²) in [6, 6.07) is 0. The van der Waals surface area contributed by atoms with Crippen LogP contribution >= 0.6 is 0 Å². The molecule has 2 heterocycles. The second-order valence-electron chi connectivity index (χ2n) is 4.33. The van der Waals surface area contributed by atoms with Crippen LogP contribution in [0.1, 0.15) is 44.5 Å². The first-order valence-corrected chi connectivity index (χ1v) is 5.88. The van der Waals surface area contributed by atoms with Crippen molar-refractivity contribution in [3.05, 3.63) is 11.7 Å². The van der Waals surface area contributed by atoms with Crippen LogP contribution in [0.4, 0.5) is 0 Å². The minimum absolute atomic E-state index is 0.0906. The fourth-order valence-electron chi connectivity index (χ4n) is 2.03. The van der Waals surface area contributed by atoms with E-state index in [9.17, 15) is 0 Å². The average molecular weight is 225 g/mol. The summed E-state index contributed by atoms with van der Waals surface area (Å²) < 4.78 is 10.7. The molecule has 5 nitrogen and oxygen atoms in total. The number of nitrogens with zero attached hydrogens (tertiary/aromatic N) is 2. The average Bonchev–Trinajstić information content (AvgIpc) is 2.86. The maximum absolute atomic E-state index is 5.43. The van der Waals surface area contributed by atoms with Gasteiger partial charge in [-0.3, -0.25) is 0 Å². The Morgan fingerprint density at radius 3 is 3.00 bits per heavy atom. The van der Waals surface area contributed by atoms with E-state index in [4.69, 9.17) is 9.26 Å². The van der Waals surface area contributed by atoms with Gasteiger partial charge in [-0.2, -0.15) is 4.98 Å². The van der Waals surface area contributed by atoms with Gasteiger partial charge in [0.05, 0.1) is 5.92 Å². The molecule has 90 valence electrons. The Morgan fingerprint density at radius 2 is 2.38 bits per heavy atom. The van der Waals surface area contributed by atoms with Crippen molar-refractivity contribution in [3.63, 3.8) is 0 Å². The first-order valence-electron chi connectivity index (χ1n) is 5.88. The molecule has 1 aliphatic heterocycles. The molecule has 0 spiro atoms. The number of nitrogens with one attached hydrogen (secondary N) is 1. The molecule has 0 saturated carbocycles. The number of hydrogen-bond acceptors (Lipinski definition) is 5. The summed E-state index contributed by atoms with van der Waals surface area (Å²) >= 11 is 0. The van der Waals surface area contributed by atoms with Crippen LogP contribution in [0, 0.1) is 5.92 Å². The zero-order chi connectivity index (χ0) is 11.5. The molecule has 1 aliphatic rings. The highest BCUT2D eigenvalue weighted by molar-refractivity contribution is 5.01. The smallest absolute Gasteiger partial charge is 0.231 e. The minimum atomic E-state index is -0.0906. The Hall–Kier alpha value is -0.940. The summed E-state index contributed by atoms with van der Waals surface area (Å²) in [6.07, 6.45) is -0.0906. The highest BCUT2D eigenvalue weighted by Crippen LogP contribution is 2.27. The fourth-order valence-corrected chi connectivity index (χ4v) is 2.03. The molecule has 0 aliphatic carbocycles. The molecule has 1 fully saturated rings. The lowest BCUT2D eigenvalue weighted by Gasteiger charge is -2.08. The van der Waals surface area contributed by atoms with Crippen molar-refractivity contribution < 1.29 is 9.26 Å². The normalized spacial score (nSPS) is 27.2. The molecule has 5 heteroatoms. The zero-order valence-electron chi connectivity index (χ0n) is 10.1. The fraction of sp³-hybridized carbons (Fsp3) is 0.818. The Kier molecular flexibility index (Phi) is 3.56. The van der Waals surface area contributed by atoms with Gasteiger partial charge in [-0.15, -0.1) is 0 Å². The molecule has 1 aromatic heterocycles. The lowest BCUT2D eigenvalue weighted by Crippen LogP contribution is -2.09. The summed E-state index contributed by atoms with van der Waals surface area (Å²) in [5.41, 5.74) is 0. The zero-order valence-corrected chi connectivity index (χ0v) is 10.1. The van der Waals surface area contributed by atoms with E-state index in [0.717, 1.165) is 19.0 Å². The molecule has 16 heavy (non-hydrogen) atoms. The molecule has 3 unspecified atom stereocenters. The van der Waals surface area contributed by atoms with Crippen LogP contribution in [0.15, 0.2) is 4.52 Å². The molecular formula is C11H19N3O2. The van der Waals surface area contributed by atoms with Crippen molar-refractivity contribution in [3.8, 4) is 0 Å². The van der Waals surface area contributed by atoms with E-state index < -0.39 is 0 Å². The van der Waals surface area contributed by atoms with Crippen molar-refractivity contribution in [1.29, 1.82) is 0 Å². The third kappa shape index (κ3) is 2.25. The van der Waals surface area contributed by atoms with Crippen molar-refractivity contribution in [2.45, 2.75) is 32.8 Å². The van der Waals surface area contributed by atoms with Crippen molar-refractivity contribution >= 4 is 0 Å². The van der Waals surface area contributed by atoms with Crippen LogP contribution in [0.25, 0.3) is 0 Å². The maximum Gasteiger partial charge on any atom is 0.231 e.